The number of aromatic nitrogens is 2. The van der Waals surface area contributed by atoms with Crippen molar-refractivity contribution >= 4 is 16.9 Å². The van der Waals surface area contributed by atoms with E-state index >= 15 is 0 Å². The van der Waals surface area contributed by atoms with Crippen LogP contribution in [0.1, 0.15) is 5.69 Å². The molecule has 0 spiro atoms. The van der Waals surface area contributed by atoms with Gasteiger partial charge in [0.2, 0.25) is 5.43 Å². The van der Waals surface area contributed by atoms with Gasteiger partial charge in [-0.15, -0.1) is 0 Å². The number of benzene rings is 1. The van der Waals surface area contributed by atoms with Crippen LogP contribution in [-0.2, 0) is 11.2 Å². The van der Waals surface area contributed by atoms with Gasteiger partial charge in [0.15, 0.2) is 0 Å². The highest BCUT2D eigenvalue weighted by atomic mass is 16.4. The van der Waals surface area contributed by atoms with Crippen molar-refractivity contribution in [1.82, 2.24) is 10.2 Å². The molecule has 0 atom stereocenters. The lowest BCUT2D eigenvalue weighted by Crippen LogP contribution is -2.17. The van der Waals surface area contributed by atoms with Crippen molar-refractivity contribution in [2.75, 3.05) is 0 Å². The van der Waals surface area contributed by atoms with Gasteiger partial charge >= 0.3 is 5.97 Å². The quantitative estimate of drug-likeness (QED) is 0.748. The zero-order chi connectivity index (χ0) is 10.8. The third-order valence-electron chi connectivity index (χ3n) is 2.06. The van der Waals surface area contributed by atoms with E-state index in [4.69, 9.17) is 5.11 Å². The van der Waals surface area contributed by atoms with Gasteiger partial charge in [0.25, 0.3) is 0 Å². The van der Waals surface area contributed by atoms with Gasteiger partial charge in [0.1, 0.15) is 5.69 Å². The van der Waals surface area contributed by atoms with Gasteiger partial charge in [-0.2, -0.15) is 5.10 Å². The number of fused-ring (bicyclic) bond motifs is 1. The van der Waals surface area contributed by atoms with Crippen molar-refractivity contribution in [2.24, 2.45) is 0 Å². The molecule has 0 unspecified atom stereocenters. The molecule has 15 heavy (non-hydrogen) atoms. The number of aliphatic carboxylic acids is 1. The summed E-state index contributed by atoms with van der Waals surface area (Å²) in [7, 11) is 0. The summed E-state index contributed by atoms with van der Waals surface area (Å²) in [6.07, 6.45) is -0.361. The molecular weight excluding hydrogens is 196 g/mol. The molecule has 5 nitrogen and oxygen atoms in total. The van der Waals surface area contributed by atoms with E-state index in [-0.39, 0.29) is 17.5 Å². The van der Waals surface area contributed by atoms with Gasteiger partial charge in [0.05, 0.1) is 11.9 Å². The van der Waals surface area contributed by atoms with E-state index in [1.54, 1.807) is 24.3 Å². The number of rotatable bonds is 2. The summed E-state index contributed by atoms with van der Waals surface area (Å²) in [6, 6.07) is 6.86. The van der Waals surface area contributed by atoms with Crippen LogP contribution in [0.4, 0.5) is 0 Å². The highest BCUT2D eigenvalue weighted by Crippen LogP contribution is 2.05. The van der Waals surface area contributed by atoms with Crippen LogP contribution in [0.25, 0.3) is 10.9 Å². The fourth-order valence-electron chi connectivity index (χ4n) is 1.38. The second kappa shape index (κ2) is 3.53. The lowest BCUT2D eigenvalue weighted by molar-refractivity contribution is -0.136. The SMILES string of the molecule is O=C(O)Cc1n[nH]c2ccccc2c1=O. The van der Waals surface area contributed by atoms with Crippen molar-refractivity contribution in [2.45, 2.75) is 6.42 Å². The molecule has 0 fully saturated rings. The fourth-order valence-corrected chi connectivity index (χ4v) is 1.38. The molecule has 0 saturated heterocycles. The summed E-state index contributed by atoms with van der Waals surface area (Å²) in [4.78, 5) is 22.2. The molecule has 0 radical (unpaired) electrons. The first-order valence-corrected chi connectivity index (χ1v) is 4.36. The molecule has 5 heteroatoms. The minimum atomic E-state index is -1.07. The first-order chi connectivity index (χ1) is 7.18. The topological polar surface area (TPSA) is 83.0 Å². The second-order valence-corrected chi connectivity index (χ2v) is 3.12. The zero-order valence-corrected chi connectivity index (χ0v) is 7.73. The zero-order valence-electron chi connectivity index (χ0n) is 7.73. The van der Waals surface area contributed by atoms with Gasteiger partial charge in [-0.1, -0.05) is 12.1 Å². The summed E-state index contributed by atoms with van der Waals surface area (Å²) < 4.78 is 0. The monoisotopic (exact) mass is 204 g/mol. The predicted octanol–water partition coefficient (Wildman–Crippen LogP) is 0.550. The molecule has 0 saturated carbocycles. The van der Waals surface area contributed by atoms with E-state index in [1.165, 1.54) is 0 Å². The van der Waals surface area contributed by atoms with E-state index in [9.17, 15) is 9.59 Å². The molecule has 1 aromatic carbocycles. The van der Waals surface area contributed by atoms with E-state index in [0.717, 1.165) is 0 Å². The number of nitrogens with zero attached hydrogens (tertiary/aromatic N) is 1. The average molecular weight is 204 g/mol. The van der Waals surface area contributed by atoms with Crippen LogP contribution in [-0.4, -0.2) is 21.3 Å². The highest BCUT2D eigenvalue weighted by molar-refractivity contribution is 5.79. The van der Waals surface area contributed by atoms with Crippen molar-refractivity contribution in [3.05, 3.63) is 40.2 Å². The maximum atomic E-state index is 11.7. The molecule has 0 amide bonds. The van der Waals surface area contributed by atoms with Crippen LogP contribution < -0.4 is 5.43 Å². The fraction of sp³-hybridized carbons (Fsp3) is 0.100. The number of para-hydroxylation sites is 1. The number of hydrogen-bond donors (Lipinski definition) is 2. The van der Waals surface area contributed by atoms with Crippen LogP contribution in [0.3, 0.4) is 0 Å². The Morgan fingerprint density at radius 2 is 2.13 bits per heavy atom. The molecule has 0 aliphatic rings. The largest absolute Gasteiger partial charge is 0.481 e. The van der Waals surface area contributed by atoms with Crippen LogP contribution in [0.5, 0.6) is 0 Å². The number of carboxylic acids is 1. The van der Waals surface area contributed by atoms with Crippen LogP contribution in [0, 0.1) is 0 Å². The molecule has 1 aromatic heterocycles. The van der Waals surface area contributed by atoms with E-state index in [2.05, 4.69) is 10.2 Å². The van der Waals surface area contributed by atoms with E-state index < -0.39 is 5.97 Å². The van der Waals surface area contributed by atoms with Gasteiger partial charge in [-0.3, -0.25) is 14.7 Å². The third kappa shape index (κ3) is 1.71. The lowest BCUT2D eigenvalue weighted by atomic mass is 10.2. The molecule has 2 rings (SSSR count). The normalized spacial score (nSPS) is 10.4. The number of aromatic amines is 1. The van der Waals surface area contributed by atoms with Gasteiger partial charge in [0, 0.05) is 5.39 Å². The number of H-pyrrole nitrogens is 1. The molecule has 0 aliphatic heterocycles. The predicted molar refractivity (Wildman–Crippen MR) is 53.7 cm³/mol. The van der Waals surface area contributed by atoms with E-state index in [1.807, 2.05) is 0 Å². The molecule has 2 aromatic rings. The van der Waals surface area contributed by atoms with Crippen molar-refractivity contribution < 1.29 is 9.90 Å². The summed E-state index contributed by atoms with van der Waals surface area (Å²) >= 11 is 0. The first-order valence-electron chi connectivity index (χ1n) is 4.36. The van der Waals surface area contributed by atoms with Crippen LogP contribution >= 0.6 is 0 Å². The Balaban J connectivity index is 2.65. The van der Waals surface area contributed by atoms with Crippen molar-refractivity contribution in [1.29, 1.82) is 0 Å². The Morgan fingerprint density at radius 3 is 2.87 bits per heavy atom. The molecule has 0 aliphatic carbocycles. The Hall–Kier alpha value is -2.17. The third-order valence-corrected chi connectivity index (χ3v) is 2.06. The highest BCUT2D eigenvalue weighted by Gasteiger charge is 2.09. The second-order valence-electron chi connectivity index (χ2n) is 3.12. The molecule has 76 valence electrons. The van der Waals surface area contributed by atoms with Gasteiger partial charge < -0.3 is 5.11 Å². The molecule has 1 heterocycles. The Bertz CT molecular complexity index is 574. The smallest absolute Gasteiger partial charge is 0.309 e. The maximum Gasteiger partial charge on any atom is 0.309 e. The average Bonchev–Trinajstić information content (AvgIpc) is 2.22. The lowest BCUT2D eigenvalue weighted by Gasteiger charge is -1.98. The summed E-state index contributed by atoms with van der Waals surface area (Å²) in [5.41, 5.74) is 0.310. The van der Waals surface area contributed by atoms with E-state index in [0.29, 0.717) is 10.9 Å². The molecular formula is C10H8N2O3. The minimum Gasteiger partial charge on any atom is -0.481 e. The summed E-state index contributed by atoms with van der Waals surface area (Å²) in [6.45, 7) is 0. The van der Waals surface area contributed by atoms with Crippen LogP contribution in [0.15, 0.2) is 29.1 Å². The van der Waals surface area contributed by atoms with Gasteiger partial charge in [-0.05, 0) is 12.1 Å². The standard InChI is InChI=1S/C10H8N2O3/c13-9(14)5-8-10(15)6-3-1-2-4-7(6)11-12-8/h1-4H,5H2,(H,11,15)(H,13,14). The van der Waals surface area contributed by atoms with Crippen molar-refractivity contribution in [3.8, 4) is 0 Å². The van der Waals surface area contributed by atoms with Crippen LogP contribution in [0.2, 0.25) is 0 Å². The maximum absolute atomic E-state index is 11.7. The molecule has 0 bridgehead atoms. The minimum absolute atomic E-state index is 0.0289. The Labute approximate surface area is 84.4 Å². The number of hydrogen-bond acceptors (Lipinski definition) is 3. The first kappa shape index (κ1) is 9.39. The number of carbonyl (C=O) groups is 1. The van der Waals surface area contributed by atoms with Gasteiger partial charge in [-0.25, -0.2) is 0 Å². The summed E-state index contributed by atoms with van der Waals surface area (Å²) in [5.74, 6) is -1.07. The summed E-state index contributed by atoms with van der Waals surface area (Å²) in [5, 5.41) is 15.4. The molecule has 2 N–H and O–H groups in total. The number of carboxylic acid groups (broad SMARTS) is 1. The Kier molecular flexibility index (Phi) is 2.21. The van der Waals surface area contributed by atoms with Crippen molar-refractivity contribution in [3.63, 3.8) is 0 Å². The number of nitrogens with one attached hydrogen (secondary N) is 1. The Morgan fingerprint density at radius 1 is 1.40 bits per heavy atom.